The van der Waals surface area contributed by atoms with E-state index in [1.807, 2.05) is 77.1 Å². The number of oxazole rings is 1. The van der Waals surface area contributed by atoms with Crippen LogP contribution in [0.3, 0.4) is 0 Å². The molecule has 0 aliphatic carbocycles. The lowest BCUT2D eigenvalue weighted by Gasteiger charge is -2.08. The summed E-state index contributed by atoms with van der Waals surface area (Å²) < 4.78 is 16.0. The summed E-state index contributed by atoms with van der Waals surface area (Å²) in [6, 6.07) is 13.5. The Morgan fingerprint density at radius 1 is 1.03 bits per heavy atom. The molecule has 0 aliphatic rings. The minimum absolute atomic E-state index is 0.247. The third-order valence-corrected chi connectivity index (χ3v) is 4.50. The van der Waals surface area contributed by atoms with Crippen molar-refractivity contribution in [1.29, 1.82) is 0 Å². The SMILES string of the molecule is CC.CC.COc1cccc(CCCNC(=O)c2ncoc2-c2ccc(OC)c(C)c2)c1. The average molecular weight is 441 g/mol. The van der Waals surface area contributed by atoms with Gasteiger partial charge in [0, 0.05) is 12.1 Å². The van der Waals surface area contributed by atoms with Crippen molar-refractivity contribution in [2.45, 2.75) is 47.5 Å². The second-order valence-corrected chi connectivity index (χ2v) is 6.43. The molecule has 1 aromatic heterocycles. The minimum Gasteiger partial charge on any atom is -0.497 e. The summed E-state index contributed by atoms with van der Waals surface area (Å²) in [6.45, 7) is 10.5. The average Bonchev–Trinajstić information content (AvgIpc) is 3.34. The molecule has 0 fully saturated rings. The quantitative estimate of drug-likeness (QED) is 0.430. The summed E-state index contributed by atoms with van der Waals surface area (Å²) in [5.41, 5.74) is 3.20. The van der Waals surface area contributed by atoms with Gasteiger partial charge in [0.15, 0.2) is 17.8 Å². The summed E-state index contributed by atoms with van der Waals surface area (Å²) in [7, 11) is 3.28. The first-order valence-electron chi connectivity index (χ1n) is 11.1. The van der Waals surface area contributed by atoms with Crippen molar-refractivity contribution in [3.8, 4) is 22.8 Å². The van der Waals surface area contributed by atoms with Crippen LogP contribution in [0.2, 0.25) is 0 Å². The first kappa shape index (κ1) is 26.8. The lowest BCUT2D eigenvalue weighted by Crippen LogP contribution is -2.25. The predicted molar refractivity (Wildman–Crippen MR) is 130 cm³/mol. The van der Waals surface area contributed by atoms with Crippen LogP contribution in [0.4, 0.5) is 0 Å². The third kappa shape index (κ3) is 7.45. The Morgan fingerprint density at radius 2 is 1.78 bits per heavy atom. The van der Waals surface area contributed by atoms with E-state index in [1.165, 1.54) is 12.0 Å². The molecule has 6 nitrogen and oxygen atoms in total. The number of aryl methyl sites for hydroxylation is 2. The van der Waals surface area contributed by atoms with Gasteiger partial charge < -0.3 is 19.2 Å². The van der Waals surface area contributed by atoms with E-state index < -0.39 is 0 Å². The van der Waals surface area contributed by atoms with Crippen LogP contribution in [0.5, 0.6) is 11.5 Å². The van der Waals surface area contributed by atoms with Gasteiger partial charge in [-0.15, -0.1) is 0 Å². The van der Waals surface area contributed by atoms with E-state index in [2.05, 4.69) is 10.3 Å². The van der Waals surface area contributed by atoms with E-state index in [-0.39, 0.29) is 11.6 Å². The van der Waals surface area contributed by atoms with Crippen LogP contribution in [0.15, 0.2) is 53.3 Å². The highest BCUT2D eigenvalue weighted by molar-refractivity contribution is 5.97. The van der Waals surface area contributed by atoms with Crippen LogP contribution in [0.1, 0.15) is 55.7 Å². The van der Waals surface area contributed by atoms with E-state index >= 15 is 0 Å². The number of carbonyl (C=O) groups excluding carboxylic acids is 1. The maximum Gasteiger partial charge on any atom is 0.273 e. The number of ether oxygens (including phenoxy) is 2. The fourth-order valence-corrected chi connectivity index (χ4v) is 3.04. The molecule has 32 heavy (non-hydrogen) atoms. The Hall–Kier alpha value is -3.28. The Kier molecular flexibility index (Phi) is 12.3. The van der Waals surface area contributed by atoms with Crippen molar-refractivity contribution in [1.82, 2.24) is 10.3 Å². The minimum atomic E-state index is -0.247. The van der Waals surface area contributed by atoms with Gasteiger partial charge in [0.25, 0.3) is 5.91 Å². The second kappa shape index (κ2) is 14.7. The monoisotopic (exact) mass is 440 g/mol. The first-order chi connectivity index (χ1) is 15.6. The van der Waals surface area contributed by atoms with Crippen molar-refractivity contribution in [3.05, 3.63) is 65.7 Å². The number of carbonyl (C=O) groups is 1. The maximum atomic E-state index is 12.5. The Bertz CT molecular complexity index is 951. The number of nitrogens with one attached hydrogen (secondary N) is 1. The van der Waals surface area contributed by atoms with Gasteiger partial charge in [-0.25, -0.2) is 4.98 Å². The molecule has 1 heterocycles. The molecule has 3 rings (SSSR count). The van der Waals surface area contributed by atoms with Gasteiger partial charge in [-0.1, -0.05) is 39.8 Å². The normalized spacial score (nSPS) is 9.59. The van der Waals surface area contributed by atoms with Gasteiger partial charge in [0.2, 0.25) is 0 Å². The summed E-state index contributed by atoms with van der Waals surface area (Å²) in [4.78, 5) is 16.6. The maximum absolute atomic E-state index is 12.5. The fraction of sp³-hybridized carbons (Fsp3) is 0.385. The number of nitrogens with zero attached hydrogens (tertiary/aromatic N) is 1. The van der Waals surface area contributed by atoms with Crippen molar-refractivity contribution < 1.29 is 18.7 Å². The number of methoxy groups -OCH3 is 2. The van der Waals surface area contributed by atoms with Crippen LogP contribution in [-0.2, 0) is 6.42 Å². The molecule has 1 N–H and O–H groups in total. The summed E-state index contributed by atoms with van der Waals surface area (Å²) >= 11 is 0. The molecule has 0 bridgehead atoms. The van der Waals surface area contributed by atoms with Crippen LogP contribution < -0.4 is 14.8 Å². The standard InChI is InChI=1S/C22H24N2O4.2C2H6/c1-15-12-17(9-10-19(15)27-3)21-20(24-14-28-21)22(25)23-11-5-7-16-6-4-8-18(13-16)26-2;2*1-2/h4,6,8-10,12-14H,5,7,11H2,1-3H3,(H,23,25);2*1-2H3. The molecule has 174 valence electrons. The molecule has 3 aromatic rings. The van der Waals surface area contributed by atoms with E-state index in [1.54, 1.807) is 14.2 Å². The van der Waals surface area contributed by atoms with Crippen LogP contribution in [0, 0.1) is 6.92 Å². The Balaban J connectivity index is 0.00000121. The van der Waals surface area contributed by atoms with Crippen LogP contribution in [-0.4, -0.2) is 31.7 Å². The number of amides is 1. The Morgan fingerprint density at radius 3 is 2.44 bits per heavy atom. The van der Waals surface area contributed by atoms with Crippen LogP contribution in [0.25, 0.3) is 11.3 Å². The third-order valence-electron chi connectivity index (χ3n) is 4.50. The zero-order valence-corrected chi connectivity index (χ0v) is 20.3. The summed E-state index contributed by atoms with van der Waals surface area (Å²) in [5.74, 6) is 1.83. The van der Waals surface area contributed by atoms with Crippen molar-refractivity contribution in [2.75, 3.05) is 20.8 Å². The van der Waals surface area contributed by atoms with Gasteiger partial charge in [-0.05, 0) is 61.2 Å². The highest BCUT2D eigenvalue weighted by Gasteiger charge is 2.18. The molecule has 0 saturated carbocycles. The fourth-order valence-electron chi connectivity index (χ4n) is 3.04. The zero-order chi connectivity index (χ0) is 23.9. The van der Waals surface area contributed by atoms with Crippen LogP contribution >= 0.6 is 0 Å². The summed E-state index contributed by atoms with van der Waals surface area (Å²) in [5, 5.41) is 2.91. The molecule has 0 radical (unpaired) electrons. The lowest BCUT2D eigenvalue weighted by molar-refractivity contribution is 0.0949. The Labute approximate surface area is 192 Å². The van der Waals surface area contributed by atoms with Gasteiger partial charge in [-0.2, -0.15) is 0 Å². The molecule has 0 atom stereocenters. The number of hydrogen-bond donors (Lipinski definition) is 1. The van der Waals surface area contributed by atoms with E-state index in [0.717, 1.165) is 35.5 Å². The van der Waals surface area contributed by atoms with E-state index in [4.69, 9.17) is 13.9 Å². The predicted octanol–water partition coefficient (Wildman–Crippen LogP) is 6.08. The lowest BCUT2D eigenvalue weighted by atomic mass is 10.1. The van der Waals surface area contributed by atoms with Gasteiger partial charge in [0.05, 0.1) is 14.2 Å². The molecule has 1 amide bonds. The molecule has 6 heteroatoms. The topological polar surface area (TPSA) is 73.6 Å². The van der Waals surface area contributed by atoms with E-state index in [0.29, 0.717) is 12.3 Å². The number of hydrogen-bond acceptors (Lipinski definition) is 5. The van der Waals surface area contributed by atoms with Gasteiger partial charge >= 0.3 is 0 Å². The molecule has 2 aromatic carbocycles. The highest BCUT2D eigenvalue weighted by Crippen LogP contribution is 2.28. The molecule has 0 unspecified atom stereocenters. The van der Waals surface area contributed by atoms with E-state index in [9.17, 15) is 4.79 Å². The number of rotatable bonds is 8. The molecule has 0 saturated heterocycles. The zero-order valence-electron chi connectivity index (χ0n) is 20.3. The first-order valence-corrected chi connectivity index (χ1v) is 11.1. The molecular weight excluding hydrogens is 404 g/mol. The van der Waals surface area contributed by atoms with Crippen molar-refractivity contribution in [2.24, 2.45) is 0 Å². The number of aromatic nitrogens is 1. The molecular formula is C26H36N2O4. The molecule has 0 spiro atoms. The van der Waals surface area contributed by atoms with Crippen molar-refractivity contribution in [3.63, 3.8) is 0 Å². The number of benzene rings is 2. The van der Waals surface area contributed by atoms with Gasteiger partial charge in [-0.3, -0.25) is 4.79 Å². The molecule has 0 aliphatic heterocycles. The highest BCUT2D eigenvalue weighted by atomic mass is 16.5. The smallest absolute Gasteiger partial charge is 0.273 e. The summed E-state index contributed by atoms with van der Waals surface area (Å²) in [6.07, 6.45) is 2.95. The second-order valence-electron chi connectivity index (χ2n) is 6.43. The largest absolute Gasteiger partial charge is 0.497 e. The van der Waals surface area contributed by atoms with Crippen molar-refractivity contribution >= 4 is 5.91 Å². The van der Waals surface area contributed by atoms with Gasteiger partial charge in [0.1, 0.15) is 11.5 Å².